The van der Waals surface area contributed by atoms with Crippen LogP contribution in [-0.2, 0) is 13.8 Å². The van der Waals surface area contributed by atoms with Crippen molar-refractivity contribution in [2.24, 2.45) is 0 Å². The molecule has 1 aliphatic rings. The summed E-state index contributed by atoms with van der Waals surface area (Å²) in [5.41, 5.74) is 0.860. The minimum atomic E-state index is -3.77. The highest BCUT2D eigenvalue weighted by molar-refractivity contribution is 8.14. The zero-order chi connectivity index (χ0) is 15.7. The lowest BCUT2D eigenvalue weighted by atomic mass is 10.0. The fraction of sp³-hybridized carbons (Fsp3) is 0.267. The Labute approximate surface area is 132 Å². The summed E-state index contributed by atoms with van der Waals surface area (Å²) in [5, 5.41) is -0.886. The molecular formula is C15H14ClNO4S. The van der Waals surface area contributed by atoms with Gasteiger partial charge in [-0.1, -0.05) is 30.3 Å². The Hall–Kier alpha value is -1.79. The van der Waals surface area contributed by atoms with Crippen LogP contribution in [0.5, 0.6) is 0 Å². The fourth-order valence-electron chi connectivity index (χ4n) is 2.72. The molecule has 1 aromatic carbocycles. The zero-order valence-corrected chi connectivity index (χ0v) is 13.1. The lowest BCUT2D eigenvalue weighted by molar-refractivity contribution is -0.129. The summed E-state index contributed by atoms with van der Waals surface area (Å²) < 4.78 is 28.5. The van der Waals surface area contributed by atoms with Crippen molar-refractivity contribution in [1.82, 2.24) is 4.90 Å². The van der Waals surface area contributed by atoms with Crippen LogP contribution in [0, 0.1) is 0 Å². The highest BCUT2D eigenvalue weighted by atomic mass is 35.7. The third-order valence-electron chi connectivity index (χ3n) is 3.76. The number of likely N-dealkylation sites (tertiary alicyclic amines) is 1. The maximum absolute atomic E-state index is 12.3. The van der Waals surface area contributed by atoms with Crippen molar-refractivity contribution >= 4 is 25.6 Å². The third-order valence-corrected chi connectivity index (χ3v) is 5.63. The fourth-order valence-corrected chi connectivity index (χ4v) is 3.75. The largest absolute Gasteiger partial charge is 0.467 e. The van der Waals surface area contributed by atoms with Gasteiger partial charge in [0.25, 0.3) is 0 Å². The average molecular weight is 340 g/mol. The summed E-state index contributed by atoms with van der Waals surface area (Å²) in [6.45, 7) is 0.0604. The van der Waals surface area contributed by atoms with Crippen LogP contribution in [0.15, 0.2) is 53.1 Å². The van der Waals surface area contributed by atoms with Crippen LogP contribution in [-0.4, -0.2) is 31.0 Å². The second-order valence-electron chi connectivity index (χ2n) is 5.18. The van der Waals surface area contributed by atoms with E-state index >= 15 is 0 Å². The maximum atomic E-state index is 12.3. The van der Waals surface area contributed by atoms with Crippen molar-refractivity contribution in [3.05, 3.63) is 60.1 Å². The van der Waals surface area contributed by atoms with E-state index in [0.29, 0.717) is 5.76 Å². The number of amides is 1. The molecule has 1 fully saturated rings. The number of carbonyl (C=O) groups is 1. The molecule has 0 N–H and O–H groups in total. The number of rotatable bonds is 4. The van der Waals surface area contributed by atoms with Gasteiger partial charge in [-0.25, -0.2) is 8.42 Å². The van der Waals surface area contributed by atoms with E-state index < -0.39 is 20.3 Å². The van der Waals surface area contributed by atoms with Crippen molar-refractivity contribution in [1.29, 1.82) is 0 Å². The molecule has 116 valence electrons. The van der Waals surface area contributed by atoms with Gasteiger partial charge in [-0.2, -0.15) is 0 Å². The summed E-state index contributed by atoms with van der Waals surface area (Å²) >= 11 is 0. The van der Waals surface area contributed by atoms with Crippen molar-refractivity contribution < 1.29 is 17.6 Å². The second kappa shape index (κ2) is 5.78. The smallest absolute Gasteiger partial charge is 0.237 e. The maximum Gasteiger partial charge on any atom is 0.237 e. The first kappa shape index (κ1) is 15.1. The van der Waals surface area contributed by atoms with Crippen LogP contribution in [0.25, 0.3) is 0 Å². The Morgan fingerprint density at radius 2 is 1.91 bits per heavy atom. The summed E-state index contributed by atoms with van der Waals surface area (Å²) in [6.07, 6.45) is 1.43. The van der Waals surface area contributed by atoms with E-state index in [9.17, 15) is 13.2 Å². The Balaban J connectivity index is 1.99. The van der Waals surface area contributed by atoms with Crippen molar-refractivity contribution in [2.45, 2.75) is 17.7 Å². The molecule has 0 radical (unpaired) electrons. The molecule has 7 heteroatoms. The first-order chi connectivity index (χ1) is 10.5. The van der Waals surface area contributed by atoms with Gasteiger partial charge in [0.1, 0.15) is 17.1 Å². The first-order valence-corrected chi connectivity index (χ1v) is 9.15. The quantitative estimate of drug-likeness (QED) is 0.803. The van der Waals surface area contributed by atoms with Crippen molar-refractivity contribution in [3.63, 3.8) is 0 Å². The second-order valence-corrected chi connectivity index (χ2v) is 8.08. The molecule has 1 saturated heterocycles. The van der Waals surface area contributed by atoms with Crippen LogP contribution in [0.4, 0.5) is 0 Å². The number of benzene rings is 1. The SMILES string of the molecule is O=C1CC(S(=O)(=O)Cl)CN1C(c1ccccc1)c1ccco1. The molecule has 5 nitrogen and oxygen atoms in total. The Kier molecular flexibility index (Phi) is 3.97. The molecule has 1 amide bonds. The van der Waals surface area contributed by atoms with Gasteiger partial charge in [-0.3, -0.25) is 4.79 Å². The lowest BCUT2D eigenvalue weighted by Gasteiger charge is -2.26. The number of nitrogens with zero attached hydrogens (tertiary/aromatic N) is 1. The molecule has 0 aliphatic carbocycles. The number of halogens is 1. The topological polar surface area (TPSA) is 67.6 Å². The van der Waals surface area contributed by atoms with E-state index in [4.69, 9.17) is 15.1 Å². The van der Waals surface area contributed by atoms with Gasteiger partial charge in [0.05, 0.1) is 6.26 Å². The summed E-state index contributed by atoms with van der Waals surface area (Å²) in [7, 11) is 1.64. The van der Waals surface area contributed by atoms with E-state index in [1.165, 1.54) is 11.2 Å². The number of hydrogen-bond acceptors (Lipinski definition) is 4. The zero-order valence-electron chi connectivity index (χ0n) is 11.6. The highest BCUT2D eigenvalue weighted by Crippen LogP contribution is 2.34. The van der Waals surface area contributed by atoms with Crippen LogP contribution in [0.2, 0.25) is 0 Å². The average Bonchev–Trinajstić information content (AvgIpc) is 3.11. The molecule has 2 aromatic rings. The molecule has 2 unspecified atom stereocenters. The van der Waals surface area contributed by atoms with Gasteiger partial charge in [-0.15, -0.1) is 0 Å². The van der Waals surface area contributed by atoms with Crippen molar-refractivity contribution in [3.8, 4) is 0 Å². The third kappa shape index (κ3) is 2.89. The molecule has 22 heavy (non-hydrogen) atoms. The summed E-state index contributed by atoms with van der Waals surface area (Å²) in [6, 6.07) is 12.4. The van der Waals surface area contributed by atoms with Gasteiger partial charge in [-0.05, 0) is 17.7 Å². The molecular weight excluding hydrogens is 326 g/mol. The molecule has 0 spiro atoms. The first-order valence-electron chi connectivity index (χ1n) is 6.78. The molecule has 1 aliphatic heterocycles. The van der Waals surface area contributed by atoms with Gasteiger partial charge >= 0.3 is 0 Å². The standard InChI is InChI=1S/C15H14ClNO4S/c16-22(19,20)12-9-14(18)17(10-12)15(13-7-4-8-21-13)11-5-2-1-3-6-11/h1-8,12,15H,9-10H2. The Morgan fingerprint density at radius 3 is 2.45 bits per heavy atom. The van der Waals surface area contributed by atoms with Gasteiger partial charge in [0.2, 0.25) is 15.0 Å². The van der Waals surface area contributed by atoms with E-state index in [0.717, 1.165) is 5.56 Å². The van der Waals surface area contributed by atoms with Crippen LogP contribution >= 0.6 is 10.7 Å². The normalized spacial score (nSPS) is 20.3. The van der Waals surface area contributed by atoms with Gasteiger partial charge in [0.15, 0.2) is 0 Å². The summed E-state index contributed by atoms with van der Waals surface area (Å²) in [4.78, 5) is 13.8. The number of carbonyl (C=O) groups excluding carboxylic acids is 1. The Morgan fingerprint density at radius 1 is 1.18 bits per heavy atom. The van der Waals surface area contributed by atoms with Gasteiger partial charge in [0, 0.05) is 23.6 Å². The summed E-state index contributed by atoms with van der Waals surface area (Å²) in [5.74, 6) is 0.339. The molecule has 1 aromatic heterocycles. The van der Waals surface area contributed by atoms with E-state index in [1.54, 1.807) is 12.1 Å². The predicted molar refractivity (Wildman–Crippen MR) is 81.9 cm³/mol. The van der Waals surface area contributed by atoms with E-state index in [2.05, 4.69) is 0 Å². The Bertz CT molecular complexity index is 758. The minimum Gasteiger partial charge on any atom is -0.467 e. The molecule has 0 bridgehead atoms. The molecule has 3 rings (SSSR count). The molecule has 2 heterocycles. The molecule has 0 saturated carbocycles. The van der Waals surface area contributed by atoms with Crippen LogP contribution in [0.3, 0.4) is 0 Å². The number of furan rings is 1. The van der Waals surface area contributed by atoms with Crippen LogP contribution in [0.1, 0.15) is 23.8 Å². The minimum absolute atomic E-state index is 0.0604. The highest BCUT2D eigenvalue weighted by Gasteiger charge is 2.41. The van der Waals surface area contributed by atoms with Crippen molar-refractivity contribution in [2.75, 3.05) is 6.54 Å². The monoisotopic (exact) mass is 339 g/mol. The molecule has 2 atom stereocenters. The van der Waals surface area contributed by atoms with Gasteiger partial charge < -0.3 is 9.32 Å². The van der Waals surface area contributed by atoms with Crippen LogP contribution < -0.4 is 0 Å². The number of hydrogen-bond donors (Lipinski definition) is 0. The van der Waals surface area contributed by atoms with E-state index in [-0.39, 0.29) is 18.9 Å². The van der Waals surface area contributed by atoms with E-state index in [1.807, 2.05) is 30.3 Å². The predicted octanol–water partition coefficient (Wildman–Crippen LogP) is 2.54. The lowest BCUT2D eigenvalue weighted by Crippen LogP contribution is -2.32.